The van der Waals surface area contributed by atoms with E-state index in [4.69, 9.17) is 11.6 Å². The SMILES string of the molecule is Clc1ccc(-c2nnc3sc(-c4csnn4)nn23)cc1. The number of benzene rings is 1. The molecule has 0 unspecified atom stereocenters. The summed E-state index contributed by atoms with van der Waals surface area (Å²) in [6.07, 6.45) is 0. The summed E-state index contributed by atoms with van der Waals surface area (Å²) >= 11 is 8.62. The van der Waals surface area contributed by atoms with Crippen LogP contribution in [0.25, 0.3) is 27.1 Å². The summed E-state index contributed by atoms with van der Waals surface area (Å²) in [5.41, 5.74) is 1.67. The third-order valence-electron chi connectivity index (χ3n) is 2.67. The summed E-state index contributed by atoms with van der Waals surface area (Å²) in [5, 5.41) is 20.1. The zero-order valence-corrected chi connectivity index (χ0v) is 12.2. The smallest absolute Gasteiger partial charge is 0.182 e. The molecule has 0 fully saturated rings. The molecule has 9 heteroatoms. The minimum absolute atomic E-state index is 0.682. The van der Waals surface area contributed by atoms with Gasteiger partial charge in [-0.3, -0.25) is 0 Å². The number of nitrogens with zero attached hydrogens (tertiary/aromatic N) is 6. The quantitative estimate of drug-likeness (QED) is 0.568. The Morgan fingerprint density at radius 2 is 1.90 bits per heavy atom. The van der Waals surface area contributed by atoms with Crippen LogP contribution in [0.4, 0.5) is 0 Å². The summed E-state index contributed by atoms with van der Waals surface area (Å²) in [6, 6.07) is 7.41. The lowest BCUT2D eigenvalue weighted by molar-refractivity contribution is 0.965. The molecular weight excluding hydrogens is 316 g/mol. The van der Waals surface area contributed by atoms with Gasteiger partial charge in [0.05, 0.1) is 0 Å². The lowest BCUT2D eigenvalue weighted by Gasteiger charge is -1.96. The van der Waals surface area contributed by atoms with Crippen molar-refractivity contribution in [2.45, 2.75) is 0 Å². The van der Waals surface area contributed by atoms with Crippen molar-refractivity contribution in [2.75, 3.05) is 0 Å². The highest BCUT2D eigenvalue weighted by molar-refractivity contribution is 7.20. The predicted octanol–water partition coefficient (Wildman–Crippen LogP) is 3.02. The van der Waals surface area contributed by atoms with Crippen LogP contribution in [0.3, 0.4) is 0 Å². The van der Waals surface area contributed by atoms with Crippen molar-refractivity contribution in [1.29, 1.82) is 0 Å². The molecule has 0 radical (unpaired) electrons. The van der Waals surface area contributed by atoms with Crippen LogP contribution < -0.4 is 0 Å². The maximum absolute atomic E-state index is 5.89. The Labute approximate surface area is 125 Å². The van der Waals surface area contributed by atoms with Gasteiger partial charge in [0, 0.05) is 16.0 Å². The Morgan fingerprint density at radius 1 is 1.05 bits per heavy atom. The van der Waals surface area contributed by atoms with Crippen LogP contribution in [0.2, 0.25) is 5.02 Å². The van der Waals surface area contributed by atoms with E-state index in [2.05, 4.69) is 24.9 Å². The molecule has 0 saturated heterocycles. The highest BCUT2D eigenvalue weighted by Gasteiger charge is 2.15. The molecule has 0 amide bonds. The Bertz CT molecular complexity index is 864. The van der Waals surface area contributed by atoms with Crippen LogP contribution in [0.15, 0.2) is 29.6 Å². The van der Waals surface area contributed by atoms with Crippen LogP contribution in [0, 0.1) is 0 Å². The second kappa shape index (κ2) is 4.58. The Balaban J connectivity index is 1.86. The van der Waals surface area contributed by atoms with Crippen molar-refractivity contribution in [3.63, 3.8) is 0 Å². The van der Waals surface area contributed by atoms with Crippen molar-refractivity contribution < 1.29 is 0 Å². The zero-order valence-electron chi connectivity index (χ0n) is 9.76. The molecule has 6 nitrogen and oxygen atoms in total. The van der Waals surface area contributed by atoms with E-state index < -0.39 is 0 Å². The van der Waals surface area contributed by atoms with Gasteiger partial charge in [0.1, 0.15) is 5.69 Å². The number of hydrogen-bond donors (Lipinski definition) is 0. The van der Waals surface area contributed by atoms with Crippen molar-refractivity contribution in [3.05, 3.63) is 34.7 Å². The fourth-order valence-corrected chi connectivity index (χ4v) is 3.19. The fourth-order valence-electron chi connectivity index (χ4n) is 1.76. The van der Waals surface area contributed by atoms with E-state index in [0.717, 1.165) is 21.2 Å². The molecule has 3 heterocycles. The Hall–Kier alpha value is -1.90. The lowest BCUT2D eigenvalue weighted by atomic mass is 10.2. The highest BCUT2D eigenvalue weighted by atomic mass is 35.5. The van der Waals surface area contributed by atoms with Gasteiger partial charge in [-0.2, -0.15) is 9.61 Å². The third kappa shape index (κ3) is 1.89. The maximum Gasteiger partial charge on any atom is 0.235 e. The van der Waals surface area contributed by atoms with Gasteiger partial charge < -0.3 is 0 Å². The molecule has 3 aromatic heterocycles. The van der Waals surface area contributed by atoms with E-state index in [1.807, 2.05) is 29.6 Å². The van der Waals surface area contributed by atoms with Crippen LogP contribution in [-0.2, 0) is 0 Å². The first-order valence-electron chi connectivity index (χ1n) is 5.57. The molecule has 0 bridgehead atoms. The van der Waals surface area contributed by atoms with Gasteiger partial charge in [-0.05, 0) is 35.8 Å². The van der Waals surface area contributed by atoms with Gasteiger partial charge in [0.15, 0.2) is 10.8 Å². The molecule has 4 rings (SSSR count). The average molecular weight is 321 g/mol. The first kappa shape index (κ1) is 11.9. The van der Waals surface area contributed by atoms with E-state index in [1.165, 1.54) is 22.9 Å². The van der Waals surface area contributed by atoms with Crippen molar-refractivity contribution in [2.24, 2.45) is 0 Å². The molecule has 0 aliphatic rings. The monoisotopic (exact) mass is 320 g/mol. The van der Waals surface area contributed by atoms with E-state index in [1.54, 1.807) is 4.52 Å². The molecule has 0 spiro atoms. The third-order valence-corrected chi connectivity index (χ3v) is 4.35. The van der Waals surface area contributed by atoms with Crippen molar-refractivity contribution >= 4 is 39.4 Å². The first-order chi connectivity index (χ1) is 9.81. The van der Waals surface area contributed by atoms with Gasteiger partial charge in [0.2, 0.25) is 4.96 Å². The molecule has 0 N–H and O–H groups in total. The summed E-state index contributed by atoms with van der Waals surface area (Å²) in [7, 11) is 0. The summed E-state index contributed by atoms with van der Waals surface area (Å²) in [6.45, 7) is 0. The molecule has 20 heavy (non-hydrogen) atoms. The lowest BCUT2D eigenvalue weighted by Crippen LogP contribution is -1.90. The van der Waals surface area contributed by atoms with Crippen LogP contribution in [-0.4, -0.2) is 29.4 Å². The maximum atomic E-state index is 5.89. The van der Waals surface area contributed by atoms with Crippen LogP contribution in [0.5, 0.6) is 0 Å². The molecule has 0 saturated carbocycles. The van der Waals surface area contributed by atoms with E-state index >= 15 is 0 Å². The van der Waals surface area contributed by atoms with Gasteiger partial charge in [-0.15, -0.1) is 15.3 Å². The topological polar surface area (TPSA) is 68.9 Å². The van der Waals surface area contributed by atoms with Crippen molar-refractivity contribution in [3.8, 4) is 22.1 Å². The second-order valence-corrected chi connectivity index (χ2v) is 5.92. The highest BCUT2D eigenvalue weighted by Crippen LogP contribution is 2.27. The predicted molar refractivity (Wildman–Crippen MR) is 78.0 cm³/mol. The van der Waals surface area contributed by atoms with Gasteiger partial charge >= 0.3 is 0 Å². The van der Waals surface area contributed by atoms with Crippen LogP contribution >= 0.6 is 34.5 Å². The fraction of sp³-hybridized carbons (Fsp3) is 0. The largest absolute Gasteiger partial charge is 0.235 e. The Morgan fingerprint density at radius 3 is 2.65 bits per heavy atom. The molecule has 0 aliphatic carbocycles. The molecular formula is C11H5ClN6S2. The van der Waals surface area contributed by atoms with Gasteiger partial charge in [-0.25, -0.2) is 0 Å². The minimum atomic E-state index is 0.682. The Kier molecular flexibility index (Phi) is 2.72. The number of hydrogen-bond acceptors (Lipinski definition) is 7. The summed E-state index contributed by atoms with van der Waals surface area (Å²) in [4.78, 5) is 0.720. The normalized spacial score (nSPS) is 11.2. The van der Waals surface area contributed by atoms with Crippen molar-refractivity contribution in [1.82, 2.24) is 29.4 Å². The summed E-state index contributed by atoms with van der Waals surface area (Å²) < 4.78 is 5.55. The number of fused-ring (bicyclic) bond motifs is 1. The number of rotatable bonds is 2. The van der Waals surface area contributed by atoms with Gasteiger partial charge in [0.25, 0.3) is 0 Å². The molecule has 0 aliphatic heterocycles. The molecule has 0 atom stereocenters. The number of halogens is 1. The van der Waals surface area contributed by atoms with E-state index in [0.29, 0.717) is 10.8 Å². The van der Waals surface area contributed by atoms with Gasteiger partial charge in [-0.1, -0.05) is 27.4 Å². The molecule has 1 aromatic carbocycles. The molecule has 98 valence electrons. The second-order valence-electron chi connectivity index (χ2n) is 3.92. The molecule has 4 aromatic rings. The zero-order chi connectivity index (χ0) is 13.5. The van der Waals surface area contributed by atoms with E-state index in [-0.39, 0.29) is 0 Å². The van der Waals surface area contributed by atoms with E-state index in [9.17, 15) is 0 Å². The average Bonchev–Trinajstić information content (AvgIpc) is 3.15. The first-order valence-corrected chi connectivity index (χ1v) is 7.60. The minimum Gasteiger partial charge on any atom is -0.182 e. The standard InChI is InChI=1S/C11H5ClN6S2/c12-7-3-1-6(2-4-7)9-14-15-11-18(9)16-10(20-11)8-5-19-17-13-8/h1-5H. The number of aromatic nitrogens is 6. The van der Waals surface area contributed by atoms with Crippen LogP contribution in [0.1, 0.15) is 0 Å². The summed E-state index contributed by atoms with van der Waals surface area (Å²) in [5.74, 6) is 0.683.